The number of hydrogen-bond donors (Lipinski definition) is 2. The number of alkyl halides is 3. The second-order valence-corrected chi connectivity index (χ2v) is 5.62. The number of nitrogens with one attached hydrogen (secondary N) is 2. The molecule has 1 aliphatic heterocycles. The highest BCUT2D eigenvalue weighted by molar-refractivity contribution is 5.85. The number of rotatable bonds is 7. The fraction of sp³-hybridized carbons (Fsp3) is 0.562. The van der Waals surface area contributed by atoms with E-state index in [9.17, 15) is 18.0 Å². The molecule has 8 heteroatoms. The van der Waals surface area contributed by atoms with Gasteiger partial charge in [-0.05, 0) is 56.1 Å². The monoisotopic (exact) mass is 366 g/mol. The van der Waals surface area contributed by atoms with Crippen LogP contribution in [0.15, 0.2) is 24.3 Å². The lowest BCUT2D eigenvalue weighted by molar-refractivity contribution is -0.137. The molecule has 1 atom stereocenters. The minimum Gasteiger partial charge on any atom is -0.492 e. The number of ether oxygens (including phenoxy) is 1. The van der Waals surface area contributed by atoms with E-state index in [1.807, 2.05) is 0 Å². The molecule has 0 spiro atoms. The van der Waals surface area contributed by atoms with Gasteiger partial charge in [-0.1, -0.05) is 0 Å². The van der Waals surface area contributed by atoms with Crippen molar-refractivity contribution in [3.05, 3.63) is 29.8 Å². The van der Waals surface area contributed by atoms with Gasteiger partial charge >= 0.3 is 6.18 Å². The number of carbonyl (C=O) groups excluding carboxylic acids is 1. The second kappa shape index (κ2) is 9.74. The Bertz CT molecular complexity index is 503. The maximum absolute atomic E-state index is 12.4. The first-order valence-corrected chi connectivity index (χ1v) is 7.72. The van der Waals surface area contributed by atoms with E-state index in [1.54, 1.807) is 0 Å². The molecule has 2 N–H and O–H groups in total. The highest BCUT2D eigenvalue weighted by atomic mass is 35.5. The van der Waals surface area contributed by atoms with Gasteiger partial charge in [0.2, 0.25) is 5.91 Å². The summed E-state index contributed by atoms with van der Waals surface area (Å²) in [6.07, 6.45) is -1.86. The van der Waals surface area contributed by atoms with Crippen molar-refractivity contribution in [2.75, 3.05) is 26.2 Å². The van der Waals surface area contributed by atoms with Gasteiger partial charge in [-0.25, -0.2) is 0 Å². The van der Waals surface area contributed by atoms with Crippen LogP contribution in [0.5, 0.6) is 5.75 Å². The van der Waals surface area contributed by atoms with Crippen molar-refractivity contribution in [1.29, 1.82) is 0 Å². The van der Waals surface area contributed by atoms with Crippen molar-refractivity contribution in [3.8, 4) is 5.75 Å². The average Bonchev–Trinajstić information content (AvgIpc) is 3.02. The van der Waals surface area contributed by atoms with Gasteiger partial charge in [-0.2, -0.15) is 13.2 Å². The zero-order valence-corrected chi connectivity index (χ0v) is 14.0. The van der Waals surface area contributed by atoms with Crippen LogP contribution in [0, 0.1) is 5.92 Å². The molecule has 1 aliphatic rings. The first-order valence-electron chi connectivity index (χ1n) is 7.72. The first-order chi connectivity index (χ1) is 10.9. The van der Waals surface area contributed by atoms with Crippen LogP contribution in [0.25, 0.3) is 0 Å². The molecule has 0 bridgehead atoms. The topological polar surface area (TPSA) is 50.4 Å². The lowest BCUT2D eigenvalue weighted by atomic mass is 10.0. The third-order valence-corrected chi connectivity index (χ3v) is 3.82. The molecule has 136 valence electrons. The van der Waals surface area contributed by atoms with E-state index >= 15 is 0 Å². The second-order valence-electron chi connectivity index (χ2n) is 5.62. The lowest BCUT2D eigenvalue weighted by Gasteiger charge is -2.11. The van der Waals surface area contributed by atoms with Gasteiger partial charge in [-0.3, -0.25) is 4.79 Å². The predicted octanol–water partition coefficient (Wildman–Crippen LogP) is 3.01. The summed E-state index contributed by atoms with van der Waals surface area (Å²) in [6, 6.07) is 4.50. The molecule has 1 aromatic carbocycles. The van der Waals surface area contributed by atoms with Crippen molar-refractivity contribution >= 4 is 18.3 Å². The molecule has 1 amide bonds. The van der Waals surface area contributed by atoms with E-state index in [0.717, 1.165) is 38.1 Å². The molecular formula is C16H22ClF3N2O2. The summed E-state index contributed by atoms with van der Waals surface area (Å²) in [5.74, 6) is 0.904. The molecule has 1 aromatic rings. The normalized spacial score (nSPS) is 17.2. The van der Waals surface area contributed by atoms with Gasteiger partial charge in [0, 0.05) is 6.42 Å². The largest absolute Gasteiger partial charge is 0.492 e. The quantitative estimate of drug-likeness (QED) is 0.729. The fourth-order valence-corrected chi connectivity index (χ4v) is 2.48. The van der Waals surface area contributed by atoms with Crippen LogP contribution < -0.4 is 15.4 Å². The number of halogens is 4. The molecule has 1 heterocycles. The van der Waals surface area contributed by atoms with Crippen molar-refractivity contribution in [3.63, 3.8) is 0 Å². The molecular weight excluding hydrogens is 345 g/mol. The molecule has 1 unspecified atom stereocenters. The van der Waals surface area contributed by atoms with Crippen molar-refractivity contribution in [1.82, 2.24) is 10.6 Å². The highest BCUT2D eigenvalue weighted by Gasteiger charge is 2.29. The summed E-state index contributed by atoms with van der Waals surface area (Å²) < 4.78 is 42.5. The van der Waals surface area contributed by atoms with Crippen LogP contribution in [-0.4, -0.2) is 32.1 Å². The Hall–Kier alpha value is -1.47. The van der Waals surface area contributed by atoms with Crippen LogP contribution in [0.4, 0.5) is 13.2 Å². The Morgan fingerprint density at radius 3 is 2.58 bits per heavy atom. The number of amides is 1. The molecule has 0 saturated carbocycles. The predicted molar refractivity (Wildman–Crippen MR) is 87.4 cm³/mol. The van der Waals surface area contributed by atoms with Crippen molar-refractivity contribution in [2.24, 2.45) is 5.92 Å². The SMILES string of the molecule is Cl.O=C(CCC1CCNC1)NCCOc1ccc(C(F)(F)F)cc1. The van der Waals surface area contributed by atoms with Gasteiger partial charge in [0.25, 0.3) is 0 Å². The van der Waals surface area contributed by atoms with Gasteiger partial charge in [0.15, 0.2) is 0 Å². The zero-order valence-electron chi connectivity index (χ0n) is 13.2. The average molecular weight is 367 g/mol. The van der Waals surface area contributed by atoms with Crippen LogP contribution in [0.1, 0.15) is 24.8 Å². The summed E-state index contributed by atoms with van der Waals surface area (Å²) >= 11 is 0. The van der Waals surface area contributed by atoms with E-state index in [4.69, 9.17) is 4.74 Å². The van der Waals surface area contributed by atoms with Crippen LogP contribution in [-0.2, 0) is 11.0 Å². The first kappa shape index (κ1) is 20.6. The molecule has 1 fully saturated rings. The van der Waals surface area contributed by atoms with Gasteiger partial charge in [0.1, 0.15) is 12.4 Å². The number of carbonyl (C=O) groups is 1. The molecule has 2 rings (SSSR count). The Kier molecular flexibility index (Phi) is 8.35. The van der Waals surface area contributed by atoms with E-state index in [0.29, 0.717) is 24.6 Å². The van der Waals surface area contributed by atoms with E-state index < -0.39 is 11.7 Å². The minimum atomic E-state index is -4.35. The van der Waals surface area contributed by atoms with E-state index in [1.165, 1.54) is 12.1 Å². The van der Waals surface area contributed by atoms with Gasteiger partial charge < -0.3 is 15.4 Å². The Morgan fingerprint density at radius 1 is 1.29 bits per heavy atom. The summed E-state index contributed by atoms with van der Waals surface area (Å²) in [5.41, 5.74) is -0.709. The smallest absolute Gasteiger partial charge is 0.416 e. The molecule has 0 aliphatic carbocycles. The number of benzene rings is 1. The van der Waals surface area contributed by atoms with E-state index in [-0.39, 0.29) is 24.9 Å². The van der Waals surface area contributed by atoms with E-state index in [2.05, 4.69) is 10.6 Å². The third kappa shape index (κ3) is 6.97. The summed E-state index contributed by atoms with van der Waals surface area (Å²) in [6.45, 7) is 2.56. The van der Waals surface area contributed by atoms with Crippen LogP contribution in [0.3, 0.4) is 0 Å². The van der Waals surface area contributed by atoms with Crippen LogP contribution in [0.2, 0.25) is 0 Å². The Labute approximate surface area is 145 Å². The molecule has 1 saturated heterocycles. The Balaban J connectivity index is 0.00000288. The standard InChI is InChI=1S/C16H21F3N2O2.ClH/c17-16(18,19)13-2-4-14(5-3-13)23-10-9-21-15(22)6-1-12-7-8-20-11-12;/h2-5,12,20H,1,6-11H2,(H,21,22);1H. The molecule has 0 aromatic heterocycles. The third-order valence-electron chi connectivity index (χ3n) is 3.82. The summed E-state index contributed by atoms with van der Waals surface area (Å²) in [4.78, 5) is 11.7. The lowest BCUT2D eigenvalue weighted by Crippen LogP contribution is -2.28. The highest BCUT2D eigenvalue weighted by Crippen LogP contribution is 2.30. The van der Waals surface area contributed by atoms with Gasteiger partial charge in [0.05, 0.1) is 12.1 Å². The minimum absolute atomic E-state index is 0. The van der Waals surface area contributed by atoms with Gasteiger partial charge in [-0.15, -0.1) is 12.4 Å². The summed E-state index contributed by atoms with van der Waals surface area (Å²) in [7, 11) is 0. The van der Waals surface area contributed by atoms with Crippen molar-refractivity contribution in [2.45, 2.75) is 25.4 Å². The summed E-state index contributed by atoms with van der Waals surface area (Å²) in [5, 5.41) is 6.01. The van der Waals surface area contributed by atoms with Crippen molar-refractivity contribution < 1.29 is 22.7 Å². The van der Waals surface area contributed by atoms with Crippen LogP contribution >= 0.6 is 12.4 Å². The zero-order chi connectivity index (χ0) is 16.7. The molecule has 0 radical (unpaired) electrons. The molecule has 24 heavy (non-hydrogen) atoms. The Morgan fingerprint density at radius 2 is 2.00 bits per heavy atom. The maximum Gasteiger partial charge on any atom is 0.416 e. The number of hydrogen-bond acceptors (Lipinski definition) is 3. The molecule has 4 nitrogen and oxygen atoms in total. The maximum atomic E-state index is 12.4. The fourth-order valence-electron chi connectivity index (χ4n) is 2.48.